The van der Waals surface area contributed by atoms with Crippen LogP contribution in [0.25, 0.3) is 11.4 Å². The standard InChI is InChI=1S/C23H25N7O2S/c1-14-11-12-19(15(2)13-14)29-23(25-26-27-29)33-17(4)21(31)24-20-16(3)28(5)30(22(20)32)18-9-7-6-8-10-18/h6-13,17H,1-5H3,(H,24,31)/t17-/m1/s1. The predicted molar refractivity (Wildman–Crippen MR) is 128 cm³/mol. The van der Waals surface area contributed by atoms with Crippen LogP contribution >= 0.6 is 11.8 Å². The van der Waals surface area contributed by atoms with Gasteiger partial charge in [0.05, 0.1) is 22.3 Å². The van der Waals surface area contributed by atoms with Crippen molar-refractivity contribution in [1.82, 2.24) is 29.6 Å². The average Bonchev–Trinajstić information content (AvgIpc) is 3.32. The van der Waals surface area contributed by atoms with Crippen molar-refractivity contribution in [2.45, 2.75) is 38.1 Å². The van der Waals surface area contributed by atoms with Gasteiger partial charge in [-0.2, -0.15) is 4.68 Å². The summed E-state index contributed by atoms with van der Waals surface area (Å²) in [4.78, 5) is 26.1. The molecule has 0 bridgehead atoms. The third-order valence-electron chi connectivity index (χ3n) is 5.48. The van der Waals surface area contributed by atoms with Gasteiger partial charge in [0.15, 0.2) is 0 Å². The Morgan fingerprint density at radius 1 is 1.09 bits per heavy atom. The molecule has 0 saturated heterocycles. The third kappa shape index (κ3) is 4.34. The van der Waals surface area contributed by atoms with Gasteiger partial charge in [0.1, 0.15) is 5.69 Å². The maximum Gasteiger partial charge on any atom is 0.295 e. The zero-order valence-corrected chi connectivity index (χ0v) is 19.9. The molecule has 0 aliphatic heterocycles. The molecule has 2 aromatic heterocycles. The van der Waals surface area contributed by atoms with E-state index < -0.39 is 5.25 Å². The molecule has 0 radical (unpaired) electrons. The number of hydrogen-bond donors (Lipinski definition) is 1. The zero-order chi connectivity index (χ0) is 23.7. The number of nitrogens with zero attached hydrogens (tertiary/aromatic N) is 6. The lowest BCUT2D eigenvalue weighted by Crippen LogP contribution is -2.27. The first-order valence-corrected chi connectivity index (χ1v) is 11.3. The highest BCUT2D eigenvalue weighted by Crippen LogP contribution is 2.26. The molecule has 4 aromatic rings. The SMILES string of the molecule is Cc1ccc(-n2nnnc2S[C@H](C)C(=O)Nc2c(C)n(C)n(-c3ccccc3)c2=O)c(C)c1. The van der Waals surface area contributed by atoms with Crippen molar-refractivity contribution < 1.29 is 4.79 Å². The number of amides is 1. The van der Waals surface area contributed by atoms with E-state index in [0.29, 0.717) is 10.9 Å². The highest BCUT2D eigenvalue weighted by atomic mass is 32.2. The largest absolute Gasteiger partial charge is 0.319 e. The number of rotatable bonds is 6. The van der Waals surface area contributed by atoms with Gasteiger partial charge in [0.2, 0.25) is 11.1 Å². The molecule has 1 atom stereocenters. The molecule has 170 valence electrons. The molecule has 1 amide bonds. The third-order valence-corrected chi connectivity index (χ3v) is 6.51. The second-order valence-corrected chi connectivity index (χ2v) is 9.16. The van der Waals surface area contributed by atoms with Gasteiger partial charge in [0.25, 0.3) is 5.56 Å². The van der Waals surface area contributed by atoms with Crippen molar-refractivity contribution in [2.75, 3.05) is 5.32 Å². The van der Waals surface area contributed by atoms with Crippen LogP contribution in [0.1, 0.15) is 23.7 Å². The van der Waals surface area contributed by atoms with Crippen LogP contribution in [0.5, 0.6) is 0 Å². The van der Waals surface area contributed by atoms with Gasteiger partial charge in [-0.05, 0) is 61.9 Å². The molecular formula is C23H25N7O2S. The Morgan fingerprint density at radius 2 is 1.82 bits per heavy atom. The van der Waals surface area contributed by atoms with Gasteiger partial charge < -0.3 is 5.32 Å². The van der Waals surface area contributed by atoms with Crippen molar-refractivity contribution in [2.24, 2.45) is 7.05 Å². The fourth-order valence-corrected chi connectivity index (χ4v) is 4.40. The minimum atomic E-state index is -0.537. The Bertz CT molecular complexity index is 1370. The number of carbonyl (C=O) groups is 1. The van der Waals surface area contributed by atoms with Crippen molar-refractivity contribution in [3.63, 3.8) is 0 Å². The number of hydrogen-bond acceptors (Lipinski definition) is 6. The Labute approximate surface area is 195 Å². The number of aryl methyl sites for hydroxylation is 2. The zero-order valence-electron chi connectivity index (χ0n) is 19.1. The van der Waals surface area contributed by atoms with Gasteiger partial charge >= 0.3 is 0 Å². The lowest BCUT2D eigenvalue weighted by molar-refractivity contribution is -0.115. The van der Waals surface area contributed by atoms with Crippen LogP contribution in [0.15, 0.2) is 58.5 Å². The van der Waals surface area contributed by atoms with Gasteiger partial charge in [-0.25, -0.2) is 4.68 Å². The summed E-state index contributed by atoms with van der Waals surface area (Å²) in [6, 6.07) is 15.3. The van der Waals surface area contributed by atoms with Crippen molar-refractivity contribution in [1.29, 1.82) is 0 Å². The number of nitrogens with one attached hydrogen (secondary N) is 1. The number of aromatic nitrogens is 6. The molecule has 1 N–H and O–H groups in total. The summed E-state index contributed by atoms with van der Waals surface area (Å²) in [7, 11) is 1.79. The normalized spacial score (nSPS) is 12.0. The number of benzene rings is 2. The van der Waals surface area contributed by atoms with Crippen LogP contribution in [0.4, 0.5) is 5.69 Å². The summed E-state index contributed by atoms with van der Waals surface area (Å²) in [6.07, 6.45) is 0. The van der Waals surface area contributed by atoms with E-state index in [0.717, 1.165) is 22.5 Å². The van der Waals surface area contributed by atoms with E-state index in [9.17, 15) is 9.59 Å². The van der Waals surface area contributed by atoms with Crippen LogP contribution in [0, 0.1) is 20.8 Å². The summed E-state index contributed by atoms with van der Waals surface area (Å²) in [6.45, 7) is 7.57. The quantitative estimate of drug-likeness (QED) is 0.441. The molecule has 4 rings (SSSR count). The first kappa shape index (κ1) is 22.5. The number of carbonyl (C=O) groups excluding carboxylic acids is 1. The van der Waals surface area contributed by atoms with Crippen LogP contribution < -0.4 is 10.9 Å². The monoisotopic (exact) mass is 463 g/mol. The molecule has 0 unspecified atom stereocenters. The number of anilines is 1. The van der Waals surface area contributed by atoms with E-state index in [2.05, 4.69) is 26.9 Å². The van der Waals surface area contributed by atoms with Crippen molar-refractivity contribution in [3.8, 4) is 11.4 Å². The van der Waals surface area contributed by atoms with Gasteiger partial charge in [-0.1, -0.05) is 47.7 Å². The van der Waals surface area contributed by atoms with E-state index in [1.54, 1.807) is 30.3 Å². The van der Waals surface area contributed by atoms with E-state index in [1.165, 1.54) is 16.4 Å². The van der Waals surface area contributed by atoms with Crippen LogP contribution in [-0.2, 0) is 11.8 Å². The van der Waals surface area contributed by atoms with Gasteiger partial charge in [-0.3, -0.25) is 14.3 Å². The van der Waals surface area contributed by atoms with Crippen LogP contribution in [-0.4, -0.2) is 40.7 Å². The van der Waals surface area contributed by atoms with Crippen molar-refractivity contribution in [3.05, 3.63) is 75.7 Å². The first-order valence-electron chi connectivity index (χ1n) is 10.5. The Morgan fingerprint density at radius 3 is 2.52 bits per heavy atom. The molecule has 0 aliphatic carbocycles. The lowest BCUT2D eigenvalue weighted by Gasteiger charge is -2.12. The number of tetrazole rings is 1. The molecule has 33 heavy (non-hydrogen) atoms. The maximum atomic E-state index is 13.1. The second kappa shape index (κ2) is 9.07. The topological polar surface area (TPSA) is 99.6 Å². The van der Waals surface area contributed by atoms with E-state index >= 15 is 0 Å². The molecular weight excluding hydrogens is 438 g/mol. The summed E-state index contributed by atoms with van der Waals surface area (Å²) < 4.78 is 4.88. The molecule has 2 aromatic carbocycles. The average molecular weight is 464 g/mol. The molecule has 9 nitrogen and oxygen atoms in total. The maximum absolute atomic E-state index is 13.1. The molecule has 10 heteroatoms. The van der Waals surface area contributed by atoms with Crippen LogP contribution in [0.2, 0.25) is 0 Å². The fraction of sp³-hybridized carbons (Fsp3) is 0.261. The molecule has 0 spiro atoms. The van der Waals surface area contributed by atoms with Crippen LogP contribution in [0.3, 0.4) is 0 Å². The molecule has 2 heterocycles. The second-order valence-electron chi connectivity index (χ2n) is 7.85. The minimum Gasteiger partial charge on any atom is -0.319 e. The highest BCUT2D eigenvalue weighted by molar-refractivity contribution is 8.00. The smallest absolute Gasteiger partial charge is 0.295 e. The Kier molecular flexibility index (Phi) is 6.19. The summed E-state index contributed by atoms with van der Waals surface area (Å²) >= 11 is 1.23. The lowest BCUT2D eigenvalue weighted by atomic mass is 10.1. The number of para-hydroxylation sites is 1. The van der Waals surface area contributed by atoms with Gasteiger partial charge in [-0.15, -0.1) is 5.10 Å². The van der Waals surface area contributed by atoms with E-state index in [-0.39, 0.29) is 17.2 Å². The molecule has 0 saturated carbocycles. The van der Waals surface area contributed by atoms with E-state index in [4.69, 9.17) is 0 Å². The predicted octanol–water partition coefficient (Wildman–Crippen LogP) is 3.20. The summed E-state index contributed by atoms with van der Waals surface area (Å²) in [5.41, 5.74) is 4.39. The Balaban J connectivity index is 1.56. The molecule has 0 fully saturated rings. The van der Waals surface area contributed by atoms with E-state index in [1.807, 2.05) is 56.3 Å². The fourth-order valence-electron chi connectivity index (χ4n) is 3.60. The number of thioether (sulfide) groups is 1. The van der Waals surface area contributed by atoms with Crippen molar-refractivity contribution >= 4 is 23.4 Å². The Hall–Kier alpha value is -3.66. The summed E-state index contributed by atoms with van der Waals surface area (Å²) in [5, 5.41) is 14.7. The van der Waals surface area contributed by atoms with Gasteiger partial charge in [0, 0.05) is 7.05 Å². The molecule has 0 aliphatic rings. The first-order chi connectivity index (χ1) is 15.8. The minimum absolute atomic E-state index is 0.257. The summed E-state index contributed by atoms with van der Waals surface area (Å²) in [5.74, 6) is -0.304. The highest BCUT2D eigenvalue weighted by Gasteiger charge is 2.24.